The number of carbonyl (C=O) groups is 1. The van der Waals surface area contributed by atoms with E-state index >= 15 is 0 Å². The number of primary amides is 1. The molecule has 1 amide bonds. The minimum Gasteiger partial charge on any atom is -0.366 e. The van der Waals surface area contributed by atoms with Gasteiger partial charge in [0.05, 0.1) is 17.0 Å². The first-order chi connectivity index (χ1) is 14.9. The average Bonchev–Trinajstić information content (AvgIpc) is 3.19. The van der Waals surface area contributed by atoms with Crippen molar-refractivity contribution in [1.82, 2.24) is 20.4 Å². The molecule has 0 aliphatic carbocycles. The highest BCUT2D eigenvalue weighted by Gasteiger charge is 2.35. The summed E-state index contributed by atoms with van der Waals surface area (Å²) in [7, 11) is 0. The van der Waals surface area contributed by atoms with Crippen LogP contribution in [0.4, 0.5) is 26.3 Å². The van der Waals surface area contributed by atoms with Crippen molar-refractivity contribution in [2.24, 2.45) is 5.73 Å². The Kier molecular flexibility index (Phi) is 5.10. The number of nitrogens with two attached hydrogens (primary N) is 1. The number of fused-ring (bicyclic) bond motifs is 1. The van der Waals surface area contributed by atoms with Crippen LogP contribution in [0.3, 0.4) is 0 Å². The molecule has 0 bridgehead atoms. The SMILES string of the molecule is NC(=O)C1=C(c2ccc(C(F)(F)F)nc2-c2ccc(C(F)(F)F)nc2)NN2CCCC2=C1. The van der Waals surface area contributed by atoms with Gasteiger partial charge in [-0.3, -0.25) is 20.2 Å². The Labute approximate surface area is 177 Å². The number of nitrogens with one attached hydrogen (secondary N) is 1. The quantitative estimate of drug-likeness (QED) is 0.687. The first kappa shape index (κ1) is 21.7. The molecule has 2 aromatic heterocycles. The number of hydrazine groups is 1. The van der Waals surface area contributed by atoms with Crippen LogP contribution in [0, 0.1) is 0 Å². The molecule has 2 aromatic rings. The summed E-state index contributed by atoms with van der Waals surface area (Å²) in [5.41, 5.74) is 6.65. The fourth-order valence-corrected chi connectivity index (χ4v) is 3.55. The lowest BCUT2D eigenvalue weighted by atomic mass is 9.98. The van der Waals surface area contributed by atoms with E-state index in [0.29, 0.717) is 19.0 Å². The predicted molar refractivity (Wildman–Crippen MR) is 101 cm³/mol. The molecule has 1 saturated heterocycles. The van der Waals surface area contributed by atoms with Crippen LogP contribution in [0.1, 0.15) is 29.8 Å². The summed E-state index contributed by atoms with van der Waals surface area (Å²) in [4.78, 5) is 19.0. The average molecular weight is 455 g/mol. The molecule has 0 aromatic carbocycles. The van der Waals surface area contributed by atoms with Gasteiger partial charge in [-0.15, -0.1) is 0 Å². The van der Waals surface area contributed by atoms with Crippen molar-refractivity contribution < 1.29 is 31.1 Å². The van der Waals surface area contributed by atoms with E-state index in [1.807, 2.05) is 0 Å². The molecule has 0 spiro atoms. The van der Waals surface area contributed by atoms with Crippen LogP contribution in [-0.2, 0) is 17.1 Å². The molecule has 0 unspecified atom stereocenters. The second-order valence-corrected chi connectivity index (χ2v) is 7.18. The van der Waals surface area contributed by atoms with Gasteiger partial charge in [-0.05, 0) is 43.2 Å². The van der Waals surface area contributed by atoms with E-state index in [4.69, 9.17) is 5.73 Å². The molecule has 2 aliphatic heterocycles. The van der Waals surface area contributed by atoms with Crippen LogP contribution in [0.5, 0.6) is 0 Å². The normalized spacial score (nSPS) is 16.6. The Hall–Kier alpha value is -3.57. The van der Waals surface area contributed by atoms with Crippen molar-refractivity contribution in [2.45, 2.75) is 25.2 Å². The number of nitrogens with zero attached hydrogens (tertiary/aromatic N) is 3. The second kappa shape index (κ2) is 7.53. The molecule has 0 radical (unpaired) electrons. The zero-order valence-corrected chi connectivity index (χ0v) is 16.2. The highest BCUT2D eigenvalue weighted by Crippen LogP contribution is 2.37. The van der Waals surface area contributed by atoms with Gasteiger partial charge in [0.2, 0.25) is 0 Å². The lowest BCUT2D eigenvalue weighted by Crippen LogP contribution is -2.38. The fraction of sp³-hybridized carbons (Fsp3) is 0.250. The van der Waals surface area contributed by atoms with Crippen LogP contribution < -0.4 is 11.2 Å². The molecule has 0 saturated carbocycles. The summed E-state index contributed by atoms with van der Waals surface area (Å²) >= 11 is 0. The Balaban J connectivity index is 1.91. The van der Waals surface area contributed by atoms with Gasteiger partial charge in [-0.2, -0.15) is 26.3 Å². The Bertz CT molecular complexity index is 1130. The number of aromatic nitrogens is 2. The first-order valence-electron chi connectivity index (χ1n) is 9.36. The van der Waals surface area contributed by atoms with Gasteiger partial charge in [0.1, 0.15) is 11.4 Å². The molecule has 12 heteroatoms. The van der Waals surface area contributed by atoms with E-state index in [1.165, 1.54) is 0 Å². The lowest BCUT2D eigenvalue weighted by Gasteiger charge is -2.30. The molecular weight excluding hydrogens is 440 g/mol. The number of rotatable bonds is 3. The maximum Gasteiger partial charge on any atom is 0.433 e. The van der Waals surface area contributed by atoms with Gasteiger partial charge >= 0.3 is 12.4 Å². The number of carbonyl (C=O) groups excluding carboxylic acids is 1. The number of pyridine rings is 2. The Morgan fingerprint density at radius 1 is 1.03 bits per heavy atom. The van der Waals surface area contributed by atoms with Crippen molar-refractivity contribution in [3.05, 3.63) is 64.8 Å². The van der Waals surface area contributed by atoms with Crippen molar-refractivity contribution in [3.8, 4) is 11.3 Å². The van der Waals surface area contributed by atoms with E-state index < -0.39 is 29.6 Å². The molecule has 6 nitrogen and oxygen atoms in total. The highest BCUT2D eigenvalue weighted by molar-refractivity contribution is 6.04. The topological polar surface area (TPSA) is 84.1 Å². The number of hydrogen-bond donors (Lipinski definition) is 2. The third-order valence-electron chi connectivity index (χ3n) is 5.04. The molecule has 1 fully saturated rings. The molecule has 3 N–H and O–H groups in total. The van der Waals surface area contributed by atoms with Crippen molar-refractivity contribution in [2.75, 3.05) is 6.54 Å². The number of halogens is 6. The van der Waals surface area contributed by atoms with Gasteiger partial charge in [0.15, 0.2) is 0 Å². The van der Waals surface area contributed by atoms with Gasteiger partial charge < -0.3 is 5.73 Å². The van der Waals surface area contributed by atoms with Crippen LogP contribution in [0.25, 0.3) is 17.0 Å². The van der Waals surface area contributed by atoms with Gasteiger partial charge in [0, 0.05) is 29.6 Å². The summed E-state index contributed by atoms with van der Waals surface area (Å²) in [5, 5.41) is 1.73. The standard InChI is InChI=1S/C20H15F6N5O/c21-19(22,23)14-5-3-10(9-28-14)16-12(4-6-15(29-16)20(24,25)26)17-13(18(27)32)8-11-2-1-7-31(11)30-17/h3-6,8-9,30H,1-2,7H2,(H2,27,32). The summed E-state index contributed by atoms with van der Waals surface area (Å²) in [5.74, 6) is -0.817. The van der Waals surface area contributed by atoms with Crippen LogP contribution >= 0.6 is 0 Å². The van der Waals surface area contributed by atoms with E-state index in [1.54, 1.807) is 11.1 Å². The number of alkyl halides is 6. The monoisotopic (exact) mass is 455 g/mol. The maximum atomic E-state index is 13.3. The van der Waals surface area contributed by atoms with Crippen LogP contribution in [-0.4, -0.2) is 27.4 Å². The van der Waals surface area contributed by atoms with Gasteiger partial charge in [-0.25, -0.2) is 4.98 Å². The number of allylic oxidation sites excluding steroid dienone is 1. The number of hydrogen-bond acceptors (Lipinski definition) is 5. The van der Waals surface area contributed by atoms with Crippen molar-refractivity contribution >= 4 is 11.6 Å². The van der Waals surface area contributed by atoms with E-state index in [2.05, 4.69) is 15.4 Å². The second-order valence-electron chi connectivity index (χ2n) is 7.18. The zero-order chi connectivity index (χ0) is 23.3. The summed E-state index contributed by atoms with van der Waals surface area (Å²) in [6.45, 7) is 0.590. The molecule has 2 aliphatic rings. The Morgan fingerprint density at radius 2 is 1.72 bits per heavy atom. The summed E-state index contributed by atoms with van der Waals surface area (Å²) in [6.07, 6.45) is -5.70. The minimum absolute atomic E-state index is 0.0285. The third kappa shape index (κ3) is 3.99. The first-order valence-corrected chi connectivity index (χ1v) is 9.36. The van der Waals surface area contributed by atoms with Crippen LogP contribution in [0.15, 0.2) is 47.8 Å². The maximum absolute atomic E-state index is 13.3. The van der Waals surface area contributed by atoms with E-state index in [9.17, 15) is 31.1 Å². The summed E-state index contributed by atoms with van der Waals surface area (Å²) < 4.78 is 78.5. The Morgan fingerprint density at radius 3 is 2.31 bits per heavy atom. The number of amides is 1. The van der Waals surface area contributed by atoms with Gasteiger partial charge in [-0.1, -0.05) is 0 Å². The molecule has 32 heavy (non-hydrogen) atoms. The molecular formula is C20H15F6N5O. The molecule has 0 atom stereocenters. The summed E-state index contributed by atoms with van der Waals surface area (Å²) in [6, 6.07) is 3.46. The predicted octanol–water partition coefficient (Wildman–Crippen LogP) is 3.88. The fourth-order valence-electron chi connectivity index (χ4n) is 3.55. The van der Waals surface area contributed by atoms with Crippen molar-refractivity contribution in [3.63, 3.8) is 0 Å². The van der Waals surface area contributed by atoms with E-state index in [0.717, 1.165) is 36.5 Å². The largest absolute Gasteiger partial charge is 0.433 e. The van der Waals surface area contributed by atoms with Crippen LogP contribution in [0.2, 0.25) is 0 Å². The lowest BCUT2D eigenvalue weighted by molar-refractivity contribution is -0.141. The zero-order valence-electron chi connectivity index (χ0n) is 16.2. The van der Waals surface area contributed by atoms with E-state index in [-0.39, 0.29) is 28.1 Å². The third-order valence-corrected chi connectivity index (χ3v) is 5.04. The molecule has 4 rings (SSSR count). The van der Waals surface area contributed by atoms with Gasteiger partial charge in [0.25, 0.3) is 5.91 Å². The highest BCUT2D eigenvalue weighted by atomic mass is 19.4. The smallest absolute Gasteiger partial charge is 0.366 e. The van der Waals surface area contributed by atoms with Crippen molar-refractivity contribution in [1.29, 1.82) is 0 Å². The minimum atomic E-state index is -4.80. The molecule has 168 valence electrons. The molecule has 4 heterocycles.